The fourth-order valence-electron chi connectivity index (χ4n) is 1.49. The highest BCUT2D eigenvalue weighted by Gasteiger charge is 2.14. The summed E-state index contributed by atoms with van der Waals surface area (Å²) in [5.41, 5.74) is 0.296. The van der Waals surface area contributed by atoms with Crippen molar-refractivity contribution in [3.05, 3.63) is 27.7 Å². The third kappa shape index (κ3) is 4.99. The van der Waals surface area contributed by atoms with Crippen molar-refractivity contribution >= 4 is 29.5 Å². The molecule has 1 aromatic carbocycles. The predicted octanol–water partition coefficient (Wildman–Crippen LogP) is 3.58. The van der Waals surface area contributed by atoms with E-state index in [1.54, 1.807) is 0 Å². The number of rotatable bonds is 8. The maximum Gasteiger partial charge on any atom is 0.191 e. The van der Waals surface area contributed by atoms with E-state index in [9.17, 15) is 4.79 Å². The highest BCUT2D eigenvalue weighted by molar-refractivity contribution is 6.36. The molecular weight excluding hydrogens is 291 g/mol. The van der Waals surface area contributed by atoms with Gasteiger partial charge in [-0.3, -0.25) is 4.79 Å². The molecule has 0 aliphatic rings. The second kappa shape index (κ2) is 8.38. The Balaban J connectivity index is 2.78. The van der Waals surface area contributed by atoms with Gasteiger partial charge in [-0.25, -0.2) is 0 Å². The lowest BCUT2D eigenvalue weighted by Crippen LogP contribution is -2.25. The van der Waals surface area contributed by atoms with Crippen LogP contribution in [0.25, 0.3) is 0 Å². The monoisotopic (exact) mass is 306 g/mol. The molecule has 0 unspecified atom stereocenters. The van der Waals surface area contributed by atoms with E-state index in [0.717, 1.165) is 0 Å². The molecule has 0 fully saturated rings. The topological polar surface area (TPSA) is 44.8 Å². The van der Waals surface area contributed by atoms with Gasteiger partial charge in [0, 0.05) is 18.2 Å². The van der Waals surface area contributed by atoms with Crippen LogP contribution in [0.5, 0.6) is 5.75 Å². The molecule has 19 heavy (non-hydrogen) atoms. The molecule has 0 saturated carbocycles. The van der Waals surface area contributed by atoms with Crippen molar-refractivity contribution in [3.8, 4) is 5.75 Å². The second-order valence-corrected chi connectivity index (χ2v) is 4.42. The molecule has 106 valence electrons. The Hall–Kier alpha value is -0.810. The molecule has 1 rings (SSSR count). The Labute approximate surface area is 122 Å². The van der Waals surface area contributed by atoms with Gasteiger partial charge in [0.1, 0.15) is 12.4 Å². The van der Waals surface area contributed by atoms with Gasteiger partial charge < -0.3 is 14.2 Å². The molecule has 0 aliphatic heterocycles. The number of ether oxygens (including phenoxy) is 3. The van der Waals surface area contributed by atoms with Gasteiger partial charge in [-0.15, -0.1) is 0 Å². The fraction of sp³-hybridized carbons (Fsp3) is 0.462. The second-order valence-electron chi connectivity index (χ2n) is 3.58. The summed E-state index contributed by atoms with van der Waals surface area (Å²) < 4.78 is 16.2. The van der Waals surface area contributed by atoms with Crippen molar-refractivity contribution in [1.29, 1.82) is 0 Å². The summed E-state index contributed by atoms with van der Waals surface area (Å²) in [6.07, 6.45) is 0.143. The first kappa shape index (κ1) is 16.2. The van der Waals surface area contributed by atoms with Gasteiger partial charge in [-0.2, -0.15) is 0 Å². The number of hydrogen-bond donors (Lipinski definition) is 0. The van der Waals surface area contributed by atoms with Crippen LogP contribution in [0.3, 0.4) is 0 Å². The van der Waals surface area contributed by atoms with E-state index < -0.39 is 6.29 Å². The average molecular weight is 307 g/mol. The summed E-state index contributed by atoms with van der Waals surface area (Å²) >= 11 is 11.8. The maximum atomic E-state index is 11.0. The van der Waals surface area contributed by atoms with E-state index in [-0.39, 0.29) is 17.4 Å². The summed E-state index contributed by atoms with van der Waals surface area (Å²) in [4.78, 5) is 11.0. The lowest BCUT2D eigenvalue weighted by atomic mass is 10.2. The van der Waals surface area contributed by atoms with Crippen molar-refractivity contribution < 1.29 is 19.0 Å². The van der Waals surface area contributed by atoms with Gasteiger partial charge in [0.15, 0.2) is 12.6 Å². The van der Waals surface area contributed by atoms with E-state index in [1.807, 2.05) is 13.8 Å². The van der Waals surface area contributed by atoms with Crippen LogP contribution < -0.4 is 4.74 Å². The summed E-state index contributed by atoms with van der Waals surface area (Å²) in [5, 5.41) is 0.659. The van der Waals surface area contributed by atoms with Crippen LogP contribution in [0.15, 0.2) is 12.1 Å². The van der Waals surface area contributed by atoms with Crippen LogP contribution in [-0.2, 0) is 9.47 Å². The lowest BCUT2D eigenvalue weighted by molar-refractivity contribution is -0.152. The zero-order valence-corrected chi connectivity index (χ0v) is 12.3. The number of carbonyl (C=O) groups is 1. The molecule has 6 heteroatoms. The first-order chi connectivity index (χ1) is 9.12. The Morgan fingerprint density at radius 1 is 1.21 bits per heavy atom. The smallest absolute Gasteiger partial charge is 0.191 e. The fourth-order valence-corrected chi connectivity index (χ4v) is 2.05. The Bertz CT molecular complexity index is 417. The van der Waals surface area contributed by atoms with Crippen LogP contribution in [-0.4, -0.2) is 32.4 Å². The van der Waals surface area contributed by atoms with Crippen molar-refractivity contribution in [2.45, 2.75) is 20.1 Å². The molecule has 0 amide bonds. The van der Waals surface area contributed by atoms with Gasteiger partial charge in [-0.05, 0) is 26.0 Å². The minimum absolute atomic E-state index is 0.143. The van der Waals surface area contributed by atoms with Crippen molar-refractivity contribution in [2.24, 2.45) is 0 Å². The van der Waals surface area contributed by atoms with Gasteiger partial charge in [-0.1, -0.05) is 23.2 Å². The summed E-state index contributed by atoms with van der Waals surface area (Å²) in [5.74, 6) is 0.283. The molecule has 0 spiro atoms. The Kier molecular flexibility index (Phi) is 7.16. The summed E-state index contributed by atoms with van der Waals surface area (Å²) in [7, 11) is 0. The molecule has 4 nitrogen and oxygen atoms in total. The standard InChI is InChI=1S/C13H16Cl2O4/c1-3-17-12(18-4-2)8-19-13-9(7-16)5-10(14)6-11(13)15/h5-7,12H,3-4,8H2,1-2H3. The van der Waals surface area contributed by atoms with Crippen molar-refractivity contribution in [1.82, 2.24) is 0 Å². The Morgan fingerprint density at radius 3 is 2.37 bits per heavy atom. The number of halogens is 2. The van der Waals surface area contributed by atoms with Crippen molar-refractivity contribution in [3.63, 3.8) is 0 Å². The van der Waals surface area contributed by atoms with Gasteiger partial charge >= 0.3 is 0 Å². The van der Waals surface area contributed by atoms with Gasteiger partial charge in [0.2, 0.25) is 0 Å². The third-order valence-electron chi connectivity index (χ3n) is 2.23. The number of carbonyl (C=O) groups excluding carboxylic acids is 1. The molecule has 0 aliphatic carbocycles. The van der Waals surface area contributed by atoms with Crippen LogP contribution >= 0.6 is 23.2 Å². The molecule has 0 bridgehead atoms. The van der Waals surface area contributed by atoms with E-state index >= 15 is 0 Å². The molecule has 0 N–H and O–H groups in total. The molecule has 0 heterocycles. The predicted molar refractivity (Wildman–Crippen MR) is 74.4 cm³/mol. The van der Waals surface area contributed by atoms with Gasteiger partial charge in [0.25, 0.3) is 0 Å². The number of hydrogen-bond acceptors (Lipinski definition) is 4. The minimum Gasteiger partial charge on any atom is -0.486 e. The quantitative estimate of drug-likeness (QED) is 0.544. The van der Waals surface area contributed by atoms with E-state index in [2.05, 4.69) is 0 Å². The normalized spacial score (nSPS) is 10.8. The number of benzene rings is 1. The first-order valence-electron chi connectivity index (χ1n) is 5.92. The minimum atomic E-state index is -0.499. The largest absolute Gasteiger partial charge is 0.486 e. The number of aldehydes is 1. The Morgan fingerprint density at radius 2 is 1.84 bits per heavy atom. The van der Waals surface area contributed by atoms with E-state index in [0.29, 0.717) is 30.1 Å². The highest BCUT2D eigenvalue weighted by Crippen LogP contribution is 2.31. The van der Waals surface area contributed by atoms with Crippen molar-refractivity contribution in [2.75, 3.05) is 19.8 Å². The molecule has 0 atom stereocenters. The van der Waals surface area contributed by atoms with Crippen LogP contribution in [0.4, 0.5) is 0 Å². The summed E-state index contributed by atoms with van der Waals surface area (Å²) in [6.45, 7) is 4.87. The molecule has 1 aromatic rings. The van der Waals surface area contributed by atoms with E-state index in [1.165, 1.54) is 12.1 Å². The molecular formula is C13H16Cl2O4. The zero-order chi connectivity index (χ0) is 14.3. The maximum absolute atomic E-state index is 11.0. The zero-order valence-electron chi connectivity index (χ0n) is 10.8. The van der Waals surface area contributed by atoms with Crippen LogP contribution in [0.1, 0.15) is 24.2 Å². The van der Waals surface area contributed by atoms with Crippen LogP contribution in [0, 0.1) is 0 Å². The van der Waals surface area contributed by atoms with E-state index in [4.69, 9.17) is 37.4 Å². The molecule has 0 aromatic heterocycles. The average Bonchev–Trinajstić information content (AvgIpc) is 2.37. The first-order valence-corrected chi connectivity index (χ1v) is 6.68. The molecule has 0 saturated heterocycles. The molecule has 0 radical (unpaired) electrons. The van der Waals surface area contributed by atoms with Gasteiger partial charge in [0.05, 0.1) is 10.6 Å². The lowest BCUT2D eigenvalue weighted by Gasteiger charge is -2.18. The van der Waals surface area contributed by atoms with Crippen LogP contribution in [0.2, 0.25) is 10.0 Å². The summed E-state index contributed by atoms with van der Waals surface area (Å²) in [6, 6.07) is 3.01. The SMILES string of the molecule is CCOC(COc1c(Cl)cc(Cl)cc1C=O)OCC. The third-order valence-corrected chi connectivity index (χ3v) is 2.73. The highest BCUT2D eigenvalue weighted by atomic mass is 35.5.